The van der Waals surface area contributed by atoms with Crippen molar-refractivity contribution in [3.05, 3.63) is 169 Å². The van der Waals surface area contributed by atoms with Crippen LogP contribution < -0.4 is 19.3 Å². The molecule has 50 heavy (non-hydrogen) atoms. The molecule has 0 aromatic heterocycles. The maximum absolute atomic E-state index is 10.4. The largest absolute Gasteiger partial charge is 0.453 e. The molecule has 0 atom stereocenters. The van der Waals surface area contributed by atoms with Gasteiger partial charge in [0, 0.05) is 28.7 Å². The van der Waals surface area contributed by atoms with Crippen LogP contribution in [-0.4, -0.2) is 6.21 Å². The fourth-order valence-electron chi connectivity index (χ4n) is 6.93. The quantitative estimate of drug-likeness (QED) is 0.189. The van der Waals surface area contributed by atoms with Gasteiger partial charge in [0.05, 0.1) is 28.3 Å². The highest BCUT2D eigenvalue weighted by Gasteiger charge is 2.27. The van der Waals surface area contributed by atoms with Gasteiger partial charge in [-0.05, 0) is 89.5 Å². The highest BCUT2D eigenvalue weighted by Crippen LogP contribution is 2.51. The molecule has 0 aliphatic carbocycles. The van der Waals surface area contributed by atoms with E-state index in [9.17, 15) is 5.26 Å². The predicted octanol–water partition coefficient (Wildman–Crippen LogP) is 12.0. The number of para-hydroxylation sites is 8. The first-order chi connectivity index (χ1) is 24.7. The Bertz CT molecular complexity index is 2390. The number of hydrogen-bond acceptors (Lipinski definition) is 6. The summed E-state index contributed by atoms with van der Waals surface area (Å²) in [5.41, 5.74) is 10.3. The van der Waals surface area contributed by atoms with Gasteiger partial charge in [-0.3, -0.25) is 0 Å². The van der Waals surface area contributed by atoms with E-state index in [0.717, 1.165) is 79.4 Å². The Morgan fingerprint density at radius 1 is 0.460 bits per heavy atom. The van der Waals surface area contributed by atoms with E-state index in [-0.39, 0.29) is 0 Å². The second-order valence-electron chi connectivity index (χ2n) is 12.0. The van der Waals surface area contributed by atoms with Crippen LogP contribution >= 0.6 is 0 Å². The standard InChI is InChI=1S/C44H28N4O2/c45-27-35-33(29-17-21-31(22-18-29)47-37-9-1-5-13-41(37)49-42-14-6-2-10-38(42)47)25-26-34(36(35)28-46)30-19-23-32(24-20-30)48-39-11-3-7-15-43(39)50-44-16-8-4-12-40(44)48/h1-27,45H. The van der Waals surface area contributed by atoms with E-state index in [1.165, 1.54) is 6.21 Å². The van der Waals surface area contributed by atoms with Crippen LogP contribution in [0.15, 0.2) is 158 Å². The summed E-state index contributed by atoms with van der Waals surface area (Å²) in [6.45, 7) is 0. The van der Waals surface area contributed by atoms with Gasteiger partial charge in [0.25, 0.3) is 0 Å². The molecule has 1 N–H and O–H groups in total. The summed E-state index contributed by atoms with van der Waals surface area (Å²) in [5.74, 6) is 3.17. The number of ether oxygens (including phenoxy) is 2. The molecule has 6 nitrogen and oxygen atoms in total. The Morgan fingerprint density at radius 2 is 0.820 bits per heavy atom. The maximum atomic E-state index is 10.4. The lowest BCUT2D eigenvalue weighted by Crippen LogP contribution is -2.15. The van der Waals surface area contributed by atoms with Crippen LogP contribution in [0.3, 0.4) is 0 Å². The smallest absolute Gasteiger partial charge is 0.151 e. The number of nitrogens with one attached hydrogen (secondary N) is 1. The van der Waals surface area contributed by atoms with Crippen molar-refractivity contribution in [2.75, 3.05) is 9.80 Å². The molecule has 2 aliphatic heterocycles. The van der Waals surface area contributed by atoms with E-state index >= 15 is 0 Å². The molecule has 0 saturated heterocycles. The number of fused-ring (bicyclic) bond motifs is 4. The van der Waals surface area contributed by atoms with Crippen LogP contribution in [-0.2, 0) is 0 Å². The normalized spacial score (nSPS) is 12.3. The van der Waals surface area contributed by atoms with Crippen molar-refractivity contribution in [2.24, 2.45) is 0 Å². The number of benzene rings is 7. The molecule has 0 fully saturated rings. The van der Waals surface area contributed by atoms with Crippen LogP contribution in [0, 0.1) is 16.7 Å². The van der Waals surface area contributed by atoms with Crippen molar-refractivity contribution < 1.29 is 9.47 Å². The first kappa shape index (κ1) is 29.1. The van der Waals surface area contributed by atoms with Crippen LogP contribution in [0.2, 0.25) is 0 Å². The van der Waals surface area contributed by atoms with E-state index < -0.39 is 0 Å². The third-order valence-corrected chi connectivity index (χ3v) is 9.24. The number of hydrogen-bond donors (Lipinski definition) is 1. The van der Waals surface area contributed by atoms with E-state index in [1.54, 1.807) is 0 Å². The van der Waals surface area contributed by atoms with Crippen LogP contribution in [0.1, 0.15) is 11.1 Å². The lowest BCUT2D eigenvalue weighted by atomic mass is 9.90. The van der Waals surface area contributed by atoms with Crippen molar-refractivity contribution in [3.63, 3.8) is 0 Å². The van der Waals surface area contributed by atoms with Gasteiger partial charge in [0.2, 0.25) is 0 Å². The van der Waals surface area contributed by atoms with Crippen molar-refractivity contribution in [1.29, 1.82) is 10.7 Å². The molecule has 0 spiro atoms. The van der Waals surface area contributed by atoms with Gasteiger partial charge >= 0.3 is 0 Å². The minimum absolute atomic E-state index is 0.465. The molecule has 0 bridgehead atoms. The zero-order valence-electron chi connectivity index (χ0n) is 26.7. The van der Waals surface area contributed by atoms with E-state index in [0.29, 0.717) is 11.1 Å². The Hall–Kier alpha value is -7.10. The Labute approximate surface area is 289 Å². The molecule has 6 heteroatoms. The lowest BCUT2D eigenvalue weighted by Gasteiger charge is -2.32. The molecule has 7 aromatic carbocycles. The van der Waals surface area contributed by atoms with Crippen molar-refractivity contribution in [1.82, 2.24) is 0 Å². The molecular formula is C44H28N4O2. The van der Waals surface area contributed by atoms with E-state index in [4.69, 9.17) is 14.9 Å². The second kappa shape index (κ2) is 11.9. The number of anilines is 6. The van der Waals surface area contributed by atoms with E-state index in [1.807, 2.05) is 121 Å². The fraction of sp³-hybridized carbons (Fsp3) is 0. The van der Waals surface area contributed by atoms with Crippen LogP contribution in [0.25, 0.3) is 22.3 Å². The average molecular weight is 645 g/mol. The second-order valence-corrected chi connectivity index (χ2v) is 12.0. The molecule has 2 aliphatic rings. The van der Waals surface area contributed by atoms with Crippen LogP contribution in [0.4, 0.5) is 34.1 Å². The highest BCUT2D eigenvalue weighted by atomic mass is 16.5. The third-order valence-electron chi connectivity index (χ3n) is 9.24. The van der Waals surface area contributed by atoms with Gasteiger partial charge in [-0.15, -0.1) is 0 Å². The molecule has 0 radical (unpaired) electrons. The molecule has 0 unspecified atom stereocenters. The first-order valence-electron chi connectivity index (χ1n) is 16.3. The Balaban J connectivity index is 1.06. The number of nitrogens with zero attached hydrogens (tertiary/aromatic N) is 3. The molecule has 7 aromatic rings. The average Bonchev–Trinajstić information content (AvgIpc) is 3.18. The summed E-state index contributed by atoms with van der Waals surface area (Å²) in [4.78, 5) is 4.38. The third kappa shape index (κ3) is 4.68. The van der Waals surface area contributed by atoms with Crippen molar-refractivity contribution >= 4 is 40.3 Å². The first-order valence-corrected chi connectivity index (χ1v) is 16.3. The monoisotopic (exact) mass is 644 g/mol. The van der Waals surface area contributed by atoms with Gasteiger partial charge in [-0.1, -0.05) is 84.9 Å². The Morgan fingerprint density at radius 3 is 1.20 bits per heavy atom. The minimum atomic E-state index is 0.465. The Kier molecular flexibility index (Phi) is 6.89. The molecule has 2 heterocycles. The van der Waals surface area contributed by atoms with Gasteiger partial charge in [0.15, 0.2) is 23.0 Å². The van der Waals surface area contributed by atoms with Gasteiger partial charge in [-0.2, -0.15) is 5.26 Å². The maximum Gasteiger partial charge on any atom is 0.151 e. The topological polar surface area (TPSA) is 72.6 Å². The molecular weight excluding hydrogens is 617 g/mol. The summed E-state index contributed by atoms with van der Waals surface area (Å²) < 4.78 is 12.4. The highest BCUT2D eigenvalue weighted by molar-refractivity contribution is 5.97. The van der Waals surface area contributed by atoms with Gasteiger partial charge in [0.1, 0.15) is 6.07 Å². The van der Waals surface area contributed by atoms with Crippen molar-refractivity contribution in [2.45, 2.75) is 0 Å². The molecule has 236 valence electrons. The van der Waals surface area contributed by atoms with Crippen LogP contribution in [0.5, 0.6) is 23.0 Å². The zero-order chi connectivity index (χ0) is 33.6. The summed E-state index contributed by atoms with van der Waals surface area (Å²) in [6.07, 6.45) is 1.29. The van der Waals surface area contributed by atoms with Gasteiger partial charge in [-0.25, -0.2) is 0 Å². The van der Waals surface area contributed by atoms with Gasteiger partial charge < -0.3 is 24.7 Å². The summed E-state index contributed by atoms with van der Waals surface area (Å²) >= 11 is 0. The predicted molar refractivity (Wildman–Crippen MR) is 199 cm³/mol. The lowest BCUT2D eigenvalue weighted by molar-refractivity contribution is 0.477. The summed E-state index contributed by atoms with van der Waals surface area (Å²) in [7, 11) is 0. The SMILES string of the molecule is N#Cc1c(-c2ccc(N3c4ccccc4Oc4ccccc43)cc2)ccc(-c2ccc(N3c4ccccc4Oc4ccccc43)cc2)c1C=N. The molecule has 0 saturated carbocycles. The number of rotatable bonds is 5. The number of nitriles is 1. The summed E-state index contributed by atoms with van der Waals surface area (Å²) in [5, 5.41) is 18.8. The van der Waals surface area contributed by atoms with E-state index in [2.05, 4.69) is 52.3 Å². The fourth-order valence-corrected chi connectivity index (χ4v) is 6.93. The molecule has 9 rings (SSSR count). The molecule has 0 amide bonds. The zero-order valence-corrected chi connectivity index (χ0v) is 26.7. The van der Waals surface area contributed by atoms with Crippen molar-refractivity contribution in [3.8, 4) is 51.3 Å². The summed E-state index contributed by atoms with van der Waals surface area (Å²) in [6, 6.07) is 54.8. The minimum Gasteiger partial charge on any atom is -0.453 e.